The summed E-state index contributed by atoms with van der Waals surface area (Å²) in [5, 5.41) is 6.94. The van der Waals surface area contributed by atoms with Crippen molar-refractivity contribution in [1.29, 1.82) is 0 Å². The van der Waals surface area contributed by atoms with Gasteiger partial charge in [0.25, 0.3) is 0 Å². The monoisotopic (exact) mass is 349 g/mol. The molecule has 3 heterocycles. The molecule has 6 heteroatoms. The van der Waals surface area contributed by atoms with Crippen molar-refractivity contribution in [2.24, 2.45) is 7.05 Å². The molecule has 0 N–H and O–H groups in total. The van der Waals surface area contributed by atoms with Crippen molar-refractivity contribution >= 4 is 34.9 Å². The van der Waals surface area contributed by atoms with Gasteiger partial charge in [-0.1, -0.05) is 18.5 Å². The number of aryl methyl sites for hydroxylation is 2. The first-order valence-electron chi connectivity index (χ1n) is 7.77. The maximum absolute atomic E-state index is 12.7. The van der Waals surface area contributed by atoms with Crippen molar-refractivity contribution in [2.75, 3.05) is 6.54 Å². The van der Waals surface area contributed by atoms with Gasteiger partial charge in [0, 0.05) is 30.1 Å². The maximum Gasteiger partial charge on any atom is 0.247 e. The fraction of sp³-hybridized carbons (Fsp3) is 0.412. The molecule has 0 aromatic carbocycles. The van der Waals surface area contributed by atoms with E-state index in [1.807, 2.05) is 11.8 Å². The summed E-state index contributed by atoms with van der Waals surface area (Å²) in [6.07, 6.45) is 5.27. The Morgan fingerprint density at radius 2 is 2.35 bits per heavy atom. The third-order valence-corrected chi connectivity index (χ3v) is 5.80. The van der Waals surface area contributed by atoms with Gasteiger partial charge in [-0.25, -0.2) is 0 Å². The highest BCUT2D eigenvalue weighted by atomic mass is 35.5. The van der Waals surface area contributed by atoms with Crippen molar-refractivity contribution in [3.63, 3.8) is 0 Å². The highest BCUT2D eigenvalue weighted by Gasteiger charge is 2.29. The zero-order valence-electron chi connectivity index (χ0n) is 13.5. The quantitative estimate of drug-likeness (QED) is 0.786. The van der Waals surface area contributed by atoms with Crippen LogP contribution < -0.4 is 0 Å². The minimum atomic E-state index is 0.0352. The van der Waals surface area contributed by atoms with E-state index in [2.05, 4.69) is 23.5 Å². The number of carbonyl (C=O) groups is 1. The van der Waals surface area contributed by atoms with Crippen molar-refractivity contribution in [1.82, 2.24) is 14.7 Å². The van der Waals surface area contributed by atoms with Crippen LogP contribution in [0.25, 0.3) is 6.08 Å². The molecular weight excluding hydrogens is 330 g/mol. The average Bonchev–Trinajstić information content (AvgIpc) is 3.10. The highest BCUT2D eigenvalue weighted by Crippen LogP contribution is 2.35. The molecule has 0 aliphatic carbocycles. The molecule has 23 heavy (non-hydrogen) atoms. The van der Waals surface area contributed by atoms with Gasteiger partial charge in [-0.2, -0.15) is 5.10 Å². The summed E-state index contributed by atoms with van der Waals surface area (Å²) in [4.78, 5) is 16.1. The van der Waals surface area contributed by atoms with Gasteiger partial charge in [0.1, 0.15) is 5.15 Å². The molecule has 0 saturated heterocycles. The predicted molar refractivity (Wildman–Crippen MR) is 94.8 cm³/mol. The Morgan fingerprint density at radius 3 is 3.00 bits per heavy atom. The number of fused-ring (bicyclic) bond motifs is 1. The van der Waals surface area contributed by atoms with Gasteiger partial charge in [0.2, 0.25) is 5.91 Å². The average molecular weight is 350 g/mol. The SMILES string of the molecule is CCC1c2ccsc2CCN1C(=O)/C=C/c1c(C)nn(C)c1Cl. The lowest BCUT2D eigenvalue weighted by molar-refractivity contribution is -0.128. The van der Waals surface area contributed by atoms with Gasteiger partial charge in [-0.3, -0.25) is 9.48 Å². The second-order valence-electron chi connectivity index (χ2n) is 5.75. The maximum atomic E-state index is 12.7. The van der Waals surface area contributed by atoms with Crippen LogP contribution in [-0.4, -0.2) is 27.1 Å². The van der Waals surface area contributed by atoms with Crippen LogP contribution in [-0.2, 0) is 18.3 Å². The molecule has 1 aliphatic heterocycles. The molecule has 4 nitrogen and oxygen atoms in total. The molecule has 1 atom stereocenters. The number of hydrogen-bond acceptors (Lipinski definition) is 3. The molecule has 1 amide bonds. The summed E-state index contributed by atoms with van der Waals surface area (Å²) in [5.41, 5.74) is 2.94. The Morgan fingerprint density at radius 1 is 1.57 bits per heavy atom. The highest BCUT2D eigenvalue weighted by molar-refractivity contribution is 7.10. The van der Waals surface area contributed by atoms with E-state index in [9.17, 15) is 4.79 Å². The summed E-state index contributed by atoms with van der Waals surface area (Å²) in [6, 6.07) is 2.33. The Hall–Kier alpha value is -1.59. The summed E-state index contributed by atoms with van der Waals surface area (Å²) in [7, 11) is 1.80. The Balaban J connectivity index is 1.82. The predicted octanol–water partition coefficient (Wildman–Crippen LogP) is 3.99. The van der Waals surface area contributed by atoms with Crippen LogP contribution in [0, 0.1) is 6.92 Å². The normalized spacial score (nSPS) is 17.7. The molecule has 3 rings (SSSR count). The molecule has 2 aromatic heterocycles. The minimum Gasteiger partial charge on any atom is -0.332 e. The summed E-state index contributed by atoms with van der Waals surface area (Å²) in [6.45, 7) is 4.79. The smallest absolute Gasteiger partial charge is 0.247 e. The fourth-order valence-electron chi connectivity index (χ4n) is 3.19. The van der Waals surface area contributed by atoms with Gasteiger partial charge >= 0.3 is 0 Å². The molecule has 0 saturated carbocycles. The van der Waals surface area contributed by atoms with E-state index in [0.717, 1.165) is 30.6 Å². The van der Waals surface area contributed by atoms with E-state index >= 15 is 0 Å². The number of amides is 1. The molecule has 0 spiro atoms. The number of halogens is 1. The second-order valence-corrected chi connectivity index (χ2v) is 7.11. The molecule has 1 unspecified atom stereocenters. The van der Waals surface area contributed by atoms with Crippen LogP contribution in [0.2, 0.25) is 5.15 Å². The van der Waals surface area contributed by atoms with Crippen molar-refractivity contribution in [3.8, 4) is 0 Å². The van der Waals surface area contributed by atoms with Gasteiger partial charge in [0.15, 0.2) is 0 Å². The van der Waals surface area contributed by atoms with E-state index in [1.165, 1.54) is 10.4 Å². The molecule has 122 valence electrons. The Labute approximate surface area is 145 Å². The topological polar surface area (TPSA) is 38.1 Å². The number of thiophene rings is 1. The number of aromatic nitrogens is 2. The van der Waals surface area contributed by atoms with E-state index in [-0.39, 0.29) is 11.9 Å². The van der Waals surface area contributed by atoms with Crippen LogP contribution in [0.4, 0.5) is 0 Å². The first-order valence-corrected chi connectivity index (χ1v) is 9.02. The van der Waals surface area contributed by atoms with Crippen LogP contribution in [0.15, 0.2) is 17.5 Å². The number of hydrogen-bond donors (Lipinski definition) is 0. The zero-order valence-corrected chi connectivity index (χ0v) is 15.1. The lowest BCUT2D eigenvalue weighted by atomic mass is 9.97. The summed E-state index contributed by atoms with van der Waals surface area (Å²) in [5.74, 6) is 0.0352. The van der Waals surface area contributed by atoms with Crippen molar-refractivity contribution in [3.05, 3.63) is 44.4 Å². The molecule has 0 radical (unpaired) electrons. The van der Waals surface area contributed by atoms with Gasteiger partial charge < -0.3 is 4.90 Å². The molecular formula is C17H20ClN3OS. The van der Waals surface area contributed by atoms with Crippen molar-refractivity contribution in [2.45, 2.75) is 32.7 Å². The van der Waals surface area contributed by atoms with E-state index in [4.69, 9.17) is 11.6 Å². The molecule has 1 aliphatic rings. The standard InChI is InChI=1S/C17H20ClN3OS/c1-4-14-13-8-10-23-15(13)7-9-21(14)16(22)6-5-12-11(2)19-20(3)17(12)18/h5-6,8,10,14H,4,7,9H2,1-3H3/b6-5+. The van der Waals surface area contributed by atoms with E-state index in [0.29, 0.717) is 5.15 Å². The summed E-state index contributed by atoms with van der Waals surface area (Å²) < 4.78 is 1.62. The van der Waals surface area contributed by atoms with Gasteiger partial charge in [-0.15, -0.1) is 11.3 Å². The largest absolute Gasteiger partial charge is 0.332 e. The summed E-state index contributed by atoms with van der Waals surface area (Å²) >= 11 is 8.01. The van der Waals surface area contributed by atoms with E-state index < -0.39 is 0 Å². The lowest BCUT2D eigenvalue weighted by Gasteiger charge is -2.34. The van der Waals surface area contributed by atoms with Crippen LogP contribution in [0.3, 0.4) is 0 Å². The molecule has 0 bridgehead atoms. The second kappa shape index (κ2) is 6.49. The van der Waals surface area contributed by atoms with Crippen molar-refractivity contribution < 1.29 is 4.79 Å². The minimum absolute atomic E-state index is 0.0352. The first kappa shape index (κ1) is 16.3. The zero-order chi connectivity index (χ0) is 16.6. The number of nitrogens with zero attached hydrogens (tertiary/aromatic N) is 3. The van der Waals surface area contributed by atoms with Crippen LogP contribution in [0.1, 0.15) is 41.1 Å². The van der Waals surface area contributed by atoms with Gasteiger partial charge in [-0.05, 0) is 42.9 Å². The Bertz CT molecular complexity index is 762. The fourth-order valence-corrected chi connectivity index (χ4v) is 4.35. The number of carbonyl (C=O) groups excluding carboxylic acids is 1. The van der Waals surface area contributed by atoms with Crippen LogP contribution >= 0.6 is 22.9 Å². The molecule has 0 fully saturated rings. The molecule has 2 aromatic rings. The lowest BCUT2D eigenvalue weighted by Crippen LogP contribution is -2.38. The number of rotatable bonds is 3. The van der Waals surface area contributed by atoms with E-state index in [1.54, 1.807) is 35.2 Å². The van der Waals surface area contributed by atoms with Crippen LogP contribution in [0.5, 0.6) is 0 Å². The van der Waals surface area contributed by atoms with Gasteiger partial charge in [0.05, 0.1) is 11.7 Å². The Kier molecular flexibility index (Phi) is 4.60. The first-order chi connectivity index (χ1) is 11.0. The third-order valence-electron chi connectivity index (χ3n) is 4.35. The third kappa shape index (κ3) is 2.95.